The van der Waals surface area contributed by atoms with Crippen molar-refractivity contribution in [2.45, 2.75) is 44.1 Å². The van der Waals surface area contributed by atoms with Gasteiger partial charge in [0.25, 0.3) is 5.56 Å². The van der Waals surface area contributed by atoms with E-state index in [-0.39, 0.29) is 17.0 Å². The lowest BCUT2D eigenvalue weighted by molar-refractivity contribution is 0.222. The lowest BCUT2D eigenvalue weighted by Gasteiger charge is -2.40. The van der Waals surface area contributed by atoms with Crippen LogP contribution in [0.3, 0.4) is 0 Å². The average molecular weight is 409 g/mol. The van der Waals surface area contributed by atoms with Crippen LogP contribution in [0.2, 0.25) is 5.02 Å². The van der Waals surface area contributed by atoms with E-state index < -0.39 is 0 Å². The van der Waals surface area contributed by atoms with Crippen molar-refractivity contribution in [3.63, 3.8) is 0 Å². The van der Waals surface area contributed by atoms with E-state index in [9.17, 15) is 4.79 Å². The van der Waals surface area contributed by atoms with E-state index in [0.717, 1.165) is 47.5 Å². The van der Waals surface area contributed by atoms with Gasteiger partial charge in [0.2, 0.25) is 0 Å². The largest absolute Gasteiger partial charge is 0.330 e. The zero-order valence-corrected chi connectivity index (χ0v) is 17.3. The second-order valence-electron chi connectivity index (χ2n) is 7.98. The molecule has 2 aromatic heterocycles. The molecule has 5 nitrogen and oxygen atoms in total. The molecule has 0 spiro atoms. The summed E-state index contributed by atoms with van der Waals surface area (Å²) in [5, 5.41) is 5.41. The lowest BCUT2D eigenvalue weighted by atomic mass is 9.68. The Balaban J connectivity index is 1.60. The van der Waals surface area contributed by atoms with Crippen LogP contribution in [0, 0.1) is 6.92 Å². The van der Waals surface area contributed by atoms with E-state index in [0.29, 0.717) is 6.54 Å². The van der Waals surface area contributed by atoms with Crippen LogP contribution < -0.4 is 11.3 Å². The normalized spacial score (nSPS) is 21.8. The third-order valence-electron chi connectivity index (χ3n) is 6.08. The Labute approximate surface area is 175 Å². The van der Waals surface area contributed by atoms with Crippen molar-refractivity contribution in [1.82, 2.24) is 14.8 Å². The highest BCUT2D eigenvalue weighted by molar-refractivity contribution is 6.30. The number of benzene rings is 1. The molecule has 0 atom stereocenters. The highest BCUT2D eigenvalue weighted by atomic mass is 35.5. The molecular weight excluding hydrogens is 384 g/mol. The van der Waals surface area contributed by atoms with Crippen LogP contribution in [0.1, 0.15) is 42.9 Å². The molecule has 3 aromatic rings. The van der Waals surface area contributed by atoms with Crippen molar-refractivity contribution in [3.8, 4) is 11.3 Å². The number of rotatable bonds is 4. The molecule has 6 heteroatoms. The third-order valence-corrected chi connectivity index (χ3v) is 6.32. The highest BCUT2D eigenvalue weighted by Crippen LogP contribution is 2.42. The van der Waals surface area contributed by atoms with Gasteiger partial charge in [0.05, 0.1) is 11.7 Å². The van der Waals surface area contributed by atoms with Gasteiger partial charge in [0.1, 0.15) is 0 Å². The second kappa shape index (κ2) is 8.09. The summed E-state index contributed by atoms with van der Waals surface area (Å²) in [5.74, 6) is 0. The Hall–Kier alpha value is -2.50. The summed E-state index contributed by atoms with van der Waals surface area (Å²) in [6.07, 6.45) is 7.10. The Bertz CT molecular complexity index is 1070. The van der Waals surface area contributed by atoms with Crippen molar-refractivity contribution in [3.05, 3.63) is 81.4 Å². The fraction of sp³-hybridized carbons (Fsp3) is 0.348. The Morgan fingerprint density at radius 1 is 1.17 bits per heavy atom. The summed E-state index contributed by atoms with van der Waals surface area (Å²) in [6, 6.07) is 13.5. The van der Waals surface area contributed by atoms with Crippen molar-refractivity contribution < 1.29 is 0 Å². The van der Waals surface area contributed by atoms with Crippen molar-refractivity contribution in [2.24, 2.45) is 5.73 Å². The summed E-state index contributed by atoms with van der Waals surface area (Å²) in [5.41, 5.74) is 9.99. The zero-order valence-electron chi connectivity index (χ0n) is 16.5. The topological polar surface area (TPSA) is 73.8 Å². The Morgan fingerprint density at radius 3 is 2.66 bits per heavy atom. The molecule has 29 heavy (non-hydrogen) atoms. The van der Waals surface area contributed by atoms with Gasteiger partial charge < -0.3 is 5.73 Å². The first-order valence-electron chi connectivity index (χ1n) is 9.99. The van der Waals surface area contributed by atoms with E-state index in [2.05, 4.69) is 16.1 Å². The first-order valence-corrected chi connectivity index (χ1v) is 10.4. The molecule has 1 aliphatic carbocycles. The number of nitrogens with zero attached hydrogens (tertiary/aromatic N) is 3. The van der Waals surface area contributed by atoms with Gasteiger partial charge in [0.15, 0.2) is 0 Å². The van der Waals surface area contributed by atoms with Crippen LogP contribution in [-0.4, -0.2) is 21.3 Å². The van der Waals surface area contributed by atoms with Crippen LogP contribution in [0.4, 0.5) is 0 Å². The molecule has 0 radical (unpaired) electrons. The predicted molar refractivity (Wildman–Crippen MR) is 116 cm³/mol. The van der Waals surface area contributed by atoms with E-state index in [1.807, 2.05) is 37.4 Å². The Morgan fingerprint density at radius 2 is 1.97 bits per heavy atom. The van der Waals surface area contributed by atoms with Crippen LogP contribution in [0.5, 0.6) is 0 Å². The van der Waals surface area contributed by atoms with Gasteiger partial charge in [-0.3, -0.25) is 9.78 Å². The molecule has 0 aliphatic heterocycles. The maximum absolute atomic E-state index is 12.6. The van der Waals surface area contributed by atoms with Crippen molar-refractivity contribution >= 4 is 11.6 Å². The number of halogens is 1. The fourth-order valence-corrected chi connectivity index (χ4v) is 4.55. The van der Waals surface area contributed by atoms with Gasteiger partial charge in [-0.1, -0.05) is 23.7 Å². The van der Waals surface area contributed by atoms with E-state index in [1.165, 1.54) is 5.56 Å². The molecule has 1 aliphatic rings. The van der Waals surface area contributed by atoms with Gasteiger partial charge in [-0.15, -0.1) is 0 Å². The maximum Gasteiger partial charge on any atom is 0.267 e. The second-order valence-corrected chi connectivity index (χ2v) is 8.41. The zero-order chi connectivity index (χ0) is 20.4. The summed E-state index contributed by atoms with van der Waals surface area (Å²) in [7, 11) is 0. The number of aryl methyl sites for hydroxylation is 1. The number of pyridine rings is 1. The number of aromatic nitrogens is 3. The molecule has 1 saturated carbocycles. The van der Waals surface area contributed by atoms with E-state index >= 15 is 0 Å². The minimum absolute atomic E-state index is 0.0673. The van der Waals surface area contributed by atoms with Gasteiger partial charge in [0, 0.05) is 41.0 Å². The molecule has 0 amide bonds. The SMILES string of the molecule is Cc1cncc(-c2ccc(=O)n([C@H]3CC[C@](CN)(c4cccc(Cl)c4)CC3)n2)c1. The van der Waals surface area contributed by atoms with E-state index in [4.69, 9.17) is 17.3 Å². The predicted octanol–water partition coefficient (Wildman–Crippen LogP) is 4.28. The van der Waals surface area contributed by atoms with Crippen LogP contribution >= 0.6 is 11.6 Å². The monoisotopic (exact) mass is 408 g/mol. The summed E-state index contributed by atoms with van der Waals surface area (Å²) in [6.45, 7) is 2.56. The van der Waals surface area contributed by atoms with Crippen LogP contribution in [0.25, 0.3) is 11.3 Å². The number of nitrogens with two attached hydrogens (primary N) is 1. The molecule has 0 unspecified atom stereocenters. The highest BCUT2D eigenvalue weighted by Gasteiger charge is 2.37. The molecule has 0 bridgehead atoms. The molecule has 2 heterocycles. The summed E-state index contributed by atoms with van der Waals surface area (Å²) >= 11 is 6.21. The van der Waals surface area contributed by atoms with Crippen LogP contribution in [0.15, 0.2) is 59.7 Å². The quantitative estimate of drug-likeness (QED) is 0.699. The minimum Gasteiger partial charge on any atom is -0.330 e. The van der Waals surface area contributed by atoms with Gasteiger partial charge >= 0.3 is 0 Å². The van der Waals surface area contributed by atoms with E-state index in [1.54, 1.807) is 23.0 Å². The van der Waals surface area contributed by atoms with Crippen molar-refractivity contribution in [2.75, 3.05) is 6.54 Å². The smallest absolute Gasteiger partial charge is 0.267 e. The molecule has 0 saturated heterocycles. The minimum atomic E-state index is -0.0942. The lowest BCUT2D eigenvalue weighted by Crippen LogP contribution is -2.41. The molecule has 150 valence electrons. The standard InChI is InChI=1S/C23H25ClN4O/c1-16-11-17(14-26-13-16)21-5-6-22(29)28(27-21)20-7-9-23(15-25,10-8-20)18-3-2-4-19(24)12-18/h2-6,11-14,20H,7-10,15,25H2,1H3/t20-,23-. The molecule has 1 fully saturated rings. The average Bonchev–Trinajstić information content (AvgIpc) is 2.74. The first kappa shape index (κ1) is 19.8. The first-order chi connectivity index (χ1) is 14.0. The number of hydrogen-bond donors (Lipinski definition) is 1. The van der Waals surface area contributed by atoms with Gasteiger partial charge in [-0.25, -0.2) is 4.68 Å². The molecule has 1 aromatic carbocycles. The third kappa shape index (κ3) is 3.98. The molecular formula is C23H25ClN4O. The fourth-order valence-electron chi connectivity index (χ4n) is 4.36. The molecule has 4 rings (SSSR count). The maximum atomic E-state index is 12.6. The molecule has 2 N–H and O–H groups in total. The summed E-state index contributed by atoms with van der Waals surface area (Å²) < 4.78 is 1.65. The summed E-state index contributed by atoms with van der Waals surface area (Å²) in [4.78, 5) is 16.8. The van der Waals surface area contributed by atoms with Crippen molar-refractivity contribution in [1.29, 1.82) is 0 Å². The van der Waals surface area contributed by atoms with Gasteiger partial charge in [-0.05, 0) is 68.0 Å². The van der Waals surface area contributed by atoms with Gasteiger partial charge in [-0.2, -0.15) is 5.10 Å². The number of hydrogen-bond acceptors (Lipinski definition) is 4. The van der Waals surface area contributed by atoms with Crippen LogP contribution in [-0.2, 0) is 5.41 Å². The Kier molecular flexibility index (Phi) is 5.52.